The molecule has 2 aliphatic rings. The van der Waals surface area contributed by atoms with Crippen LogP contribution in [0.5, 0.6) is 0 Å². The average molecular weight is 226 g/mol. The van der Waals surface area contributed by atoms with Gasteiger partial charge in [-0.25, -0.2) is 4.79 Å². The minimum absolute atomic E-state index is 0.148. The van der Waals surface area contributed by atoms with Crippen LogP contribution in [0.2, 0.25) is 0 Å². The van der Waals surface area contributed by atoms with Crippen LogP contribution < -0.4 is 0 Å². The fourth-order valence-electron chi connectivity index (χ4n) is 2.49. The van der Waals surface area contributed by atoms with E-state index in [0.717, 1.165) is 0 Å². The van der Waals surface area contributed by atoms with Crippen molar-refractivity contribution in [3.05, 3.63) is 0 Å². The van der Waals surface area contributed by atoms with Gasteiger partial charge in [0.05, 0.1) is 6.10 Å². The largest absolute Gasteiger partial charge is 0.458 e. The van der Waals surface area contributed by atoms with Gasteiger partial charge in [-0.05, 0) is 39.5 Å². The van der Waals surface area contributed by atoms with Gasteiger partial charge >= 0.3 is 5.97 Å². The predicted molar refractivity (Wildman–Crippen MR) is 61.1 cm³/mol. The van der Waals surface area contributed by atoms with Crippen molar-refractivity contribution in [3.63, 3.8) is 0 Å². The Bertz CT molecular complexity index is 261. The second-order valence-electron chi connectivity index (χ2n) is 5.95. The molecular formula is C13H22O3. The van der Waals surface area contributed by atoms with E-state index in [-0.39, 0.29) is 18.2 Å². The van der Waals surface area contributed by atoms with Crippen LogP contribution in [0.25, 0.3) is 0 Å². The molecule has 1 saturated heterocycles. The Morgan fingerprint density at radius 3 is 2.38 bits per heavy atom. The summed E-state index contributed by atoms with van der Waals surface area (Å²) in [5, 5.41) is 0. The molecule has 16 heavy (non-hydrogen) atoms. The normalized spacial score (nSPS) is 31.2. The summed E-state index contributed by atoms with van der Waals surface area (Å²) in [6.45, 7) is 5.68. The standard InChI is InChI=1S/C13H22O3/c1-13(2,3)16-12(14)11-10(15-11)9-7-5-4-6-8-9/h9-11H,4-8H2,1-3H3/t10-,11+/m0/s1. The second-order valence-corrected chi connectivity index (χ2v) is 5.95. The smallest absolute Gasteiger partial charge is 0.338 e. The number of esters is 1. The molecule has 3 nitrogen and oxygen atoms in total. The first-order valence-electron chi connectivity index (χ1n) is 6.36. The predicted octanol–water partition coefficient (Wildman–Crippen LogP) is 2.68. The van der Waals surface area contributed by atoms with Crippen LogP contribution in [0.1, 0.15) is 52.9 Å². The van der Waals surface area contributed by atoms with Gasteiger partial charge in [-0.3, -0.25) is 0 Å². The Morgan fingerprint density at radius 1 is 1.19 bits per heavy atom. The van der Waals surface area contributed by atoms with E-state index in [9.17, 15) is 4.79 Å². The molecule has 0 spiro atoms. The molecule has 0 bridgehead atoms. The number of hydrogen-bond acceptors (Lipinski definition) is 3. The van der Waals surface area contributed by atoms with Crippen molar-refractivity contribution in [1.29, 1.82) is 0 Å². The zero-order valence-electron chi connectivity index (χ0n) is 10.5. The van der Waals surface area contributed by atoms with Crippen molar-refractivity contribution in [2.45, 2.75) is 70.7 Å². The van der Waals surface area contributed by atoms with Crippen LogP contribution in [0.15, 0.2) is 0 Å². The third kappa shape index (κ3) is 2.97. The maximum absolute atomic E-state index is 11.7. The molecule has 2 fully saturated rings. The van der Waals surface area contributed by atoms with Gasteiger partial charge < -0.3 is 9.47 Å². The Hall–Kier alpha value is -0.570. The quantitative estimate of drug-likeness (QED) is 0.536. The van der Waals surface area contributed by atoms with E-state index in [1.807, 2.05) is 20.8 Å². The third-order valence-electron chi connectivity index (χ3n) is 3.28. The van der Waals surface area contributed by atoms with Crippen LogP contribution in [-0.2, 0) is 14.3 Å². The van der Waals surface area contributed by atoms with Crippen LogP contribution >= 0.6 is 0 Å². The fraction of sp³-hybridized carbons (Fsp3) is 0.923. The summed E-state index contributed by atoms with van der Waals surface area (Å²) in [6.07, 6.45) is 6.20. The van der Waals surface area contributed by atoms with Crippen molar-refractivity contribution >= 4 is 5.97 Å². The molecule has 0 unspecified atom stereocenters. The maximum atomic E-state index is 11.7. The molecule has 0 aromatic rings. The first-order chi connectivity index (χ1) is 7.47. The first-order valence-corrected chi connectivity index (χ1v) is 6.36. The molecule has 3 heteroatoms. The van der Waals surface area contributed by atoms with Gasteiger partial charge in [0.1, 0.15) is 5.60 Å². The van der Waals surface area contributed by atoms with Gasteiger partial charge in [0, 0.05) is 0 Å². The molecule has 0 radical (unpaired) electrons. The van der Waals surface area contributed by atoms with E-state index in [1.54, 1.807) is 0 Å². The Kier molecular flexibility index (Phi) is 3.24. The number of carbonyl (C=O) groups is 1. The highest BCUT2D eigenvalue weighted by atomic mass is 16.6. The molecule has 1 heterocycles. The summed E-state index contributed by atoms with van der Waals surface area (Å²) in [6, 6.07) is 0. The van der Waals surface area contributed by atoms with Crippen molar-refractivity contribution < 1.29 is 14.3 Å². The minimum atomic E-state index is -0.403. The lowest BCUT2D eigenvalue weighted by Crippen LogP contribution is -2.28. The SMILES string of the molecule is CC(C)(C)OC(=O)[C@@H]1O[C@H]1C1CCCCC1. The summed E-state index contributed by atoms with van der Waals surface area (Å²) < 4.78 is 10.8. The van der Waals surface area contributed by atoms with E-state index < -0.39 is 5.60 Å². The molecule has 1 aliphatic carbocycles. The Balaban J connectivity index is 1.79. The van der Waals surface area contributed by atoms with Crippen LogP contribution in [0, 0.1) is 5.92 Å². The summed E-state index contributed by atoms with van der Waals surface area (Å²) in [5.74, 6) is 0.411. The van der Waals surface area contributed by atoms with Crippen LogP contribution in [0.4, 0.5) is 0 Å². The molecule has 2 rings (SSSR count). The summed E-state index contributed by atoms with van der Waals surface area (Å²) in [5.41, 5.74) is -0.403. The first kappa shape index (κ1) is 11.9. The molecule has 0 aromatic heterocycles. The Morgan fingerprint density at radius 2 is 1.81 bits per heavy atom. The number of carbonyl (C=O) groups excluding carboxylic acids is 1. The van der Waals surface area contributed by atoms with E-state index >= 15 is 0 Å². The van der Waals surface area contributed by atoms with E-state index in [0.29, 0.717) is 5.92 Å². The number of hydrogen-bond donors (Lipinski definition) is 0. The molecule has 92 valence electrons. The molecule has 0 N–H and O–H groups in total. The molecule has 0 amide bonds. The fourth-order valence-corrected chi connectivity index (χ4v) is 2.49. The van der Waals surface area contributed by atoms with E-state index in [1.165, 1.54) is 32.1 Å². The van der Waals surface area contributed by atoms with Gasteiger partial charge in [0.15, 0.2) is 6.10 Å². The number of ether oxygens (including phenoxy) is 2. The average Bonchev–Trinajstić information content (AvgIpc) is 2.96. The van der Waals surface area contributed by atoms with Gasteiger partial charge in [-0.1, -0.05) is 19.3 Å². The highest BCUT2D eigenvalue weighted by Crippen LogP contribution is 2.39. The summed E-state index contributed by atoms with van der Waals surface area (Å²) in [4.78, 5) is 11.7. The highest BCUT2D eigenvalue weighted by molar-refractivity contribution is 5.78. The lowest BCUT2D eigenvalue weighted by atomic mass is 9.86. The summed E-state index contributed by atoms with van der Waals surface area (Å²) >= 11 is 0. The highest BCUT2D eigenvalue weighted by Gasteiger charge is 2.51. The van der Waals surface area contributed by atoms with E-state index in [2.05, 4.69) is 0 Å². The molecule has 0 aromatic carbocycles. The molecular weight excluding hydrogens is 204 g/mol. The zero-order chi connectivity index (χ0) is 11.8. The topological polar surface area (TPSA) is 38.8 Å². The molecule has 1 aliphatic heterocycles. The minimum Gasteiger partial charge on any atom is -0.458 e. The van der Waals surface area contributed by atoms with Crippen LogP contribution in [-0.4, -0.2) is 23.8 Å². The number of epoxide rings is 1. The third-order valence-corrected chi connectivity index (χ3v) is 3.28. The zero-order valence-corrected chi connectivity index (χ0v) is 10.5. The van der Waals surface area contributed by atoms with E-state index in [4.69, 9.17) is 9.47 Å². The lowest BCUT2D eigenvalue weighted by molar-refractivity contribution is -0.156. The van der Waals surface area contributed by atoms with Crippen molar-refractivity contribution in [2.24, 2.45) is 5.92 Å². The Labute approximate surface area is 97.5 Å². The number of rotatable bonds is 2. The second kappa shape index (κ2) is 4.36. The summed E-state index contributed by atoms with van der Waals surface area (Å²) in [7, 11) is 0. The van der Waals surface area contributed by atoms with Crippen molar-refractivity contribution in [1.82, 2.24) is 0 Å². The van der Waals surface area contributed by atoms with Gasteiger partial charge in [-0.2, -0.15) is 0 Å². The molecule has 1 saturated carbocycles. The van der Waals surface area contributed by atoms with Gasteiger partial charge in [-0.15, -0.1) is 0 Å². The lowest BCUT2D eigenvalue weighted by Gasteiger charge is -2.20. The maximum Gasteiger partial charge on any atom is 0.338 e. The van der Waals surface area contributed by atoms with Crippen molar-refractivity contribution in [2.75, 3.05) is 0 Å². The molecule has 2 atom stereocenters. The van der Waals surface area contributed by atoms with Crippen LogP contribution in [0.3, 0.4) is 0 Å². The van der Waals surface area contributed by atoms with Crippen molar-refractivity contribution in [3.8, 4) is 0 Å². The monoisotopic (exact) mass is 226 g/mol. The van der Waals surface area contributed by atoms with Gasteiger partial charge in [0.25, 0.3) is 0 Å². The van der Waals surface area contributed by atoms with Gasteiger partial charge in [0.2, 0.25) is 0 Å².